The summed E-state index contributed by atoms with van der Waals surface area (Å²) in [7, 11) is 0. The first-order valence-electron chi connectivity index (χ1n) is 5.02. The quantitative estimate of drug-likeness (QED) is 0.855. The minimum Gasteiger partial charge on any atom is -0.506 e. The number of halogens is 2. The van der Waals surface area contributed by atoms with Crippen molar-refractivity contribution in [2.75, 3.05) is 0 Å². The molecule has 0 spiro atoms. The molecule has 1 aromatic carbocycles. The lowest BCUT2D eigenvalue weighted by Crippen LogP contribution is -2.20. The molecule has 1 aliphatic carbocycles. The molecule has 0 saturated heterocycles. The Morgan fingerprint density at radius 3 is 2.67 bits per heavy atom. The van der Waals surface area contributed by atoms with Gasteiger partial charge in [0.05, 0.1) is 5.02 Å². The van der Waals surface area contributed by atoms with Gasteiger partial charge in [-0.25, -0.2) is 0 Å². The van der Waals surface area contributed by atoms with Crippen molar-refractivity contribution in [2.24, 2.45) is 0 Å². The smallest absolute Gasteiger partial charge is 0.139 e. The van der Waals surface area contributed by atoms with Crippen molar-refractivity contribution < 1.29 is 5.11 Å². The highest BCUT2D eigenvalue weighted by Crippen LogP contribution is 2.36. The summed E-state index contributed by atoms with van der Waals surface area (Å²) in [5, 5.41) is 14.0. The van der Waals surface area contributed by atoms with Crippen LogP contribution in [0.15, 0.2) is 12.1 Å². The van der Waals surface area contributed by atoms with Gasteiger partial charge < -0.3 is 10.4 Å². The van der Waals surface area contributed by atoms with Crippen molar-refractivity contribution in [3.05, 3.63) is 27.7 Å². The molecular formula is C11H13Cl2NO. The zero-order valence-electron chi connectivity index (χ0n) is 8.43. The number of nitrogens with one attached hydrogen (secondary N) is 1. The van der Waals surface area contributed by atoms with Gasteiger partial charge in [-0.2, -0.15) is 0 Å². The molecule has 0 aliphatic heterocycles. The fourth-order valence-electron chi connectivity index (χ4n) is 1.61. The van der Waals surface area contributed by atoms with Crippen LogP contribution in [0.2, 0.25) is 10.0 Å². The maximum absolute atomic E-state index is 9.80. The van der Waals surface area contributed by atoms with E-state index in [1.807, 2.05) is 6.92 Å². The number of hydrogen-bond donors (Lipinski definition) is 2. The molecule has 1 aliphatic rings. The van der Waals surface area contributed by atoms with Gasteiger partial charge in [-0.15, -0.1) is 0 Å². The van der Waals surface area contributed by atoms with Gasteiger partial charge in [0.25, 0.3) is 0 Å². The normalized spacial score (nSPS) is 17.8. The molecule has 0 amide bonds. The summed E-state index contributed by atoms with van der Waals surface area (Å²) in [6, 6.07) is 3.96. The minimum absolute atomic E-state index is 0.0775. The highest BCUT2D eigenvalue weighted by atomic mass is 35.5. The van der Waals surface area contributed by atoms with Gasteiger partial charge >= 0.3 is 0 Å². The van der Waals surface area contributed by atoms with E-state index in [2.05, 4.69) is 5.32 Å². The largest absolute Gasteiger partial charge is 0.506 e. The van der Waals surface area contributed by atoms with E-state index in [1.165, 1.54) is 12.8 Å². The number of phenols is 1. The van der Waals surface area contributed by atoms with Crippen molar-refractivity contribution >= 4 is 23.2 Å². The monoisotopic (exact) mass is 245 g/mol. The maximum Gasteiger partial charge on any atom is 0.139 e. The fourth-order valence-corrected chi connectivity index (χ4v) is 2.12. The Bertz CT molecular complexity index is 377. The van der Waals surface area contributed by atoms with Gasteiger partial charge in [-0.1, -0.05) is 23.2 Å². The Morgan fingerprint density at radius 1 is 1.40 bits per heavy atom. The molecule has 1 aromatic rings. The Hall–Kier alpha value is -0.440. The number of benzene rings is 1. The molecule has 1 saturated carbocycles. The van der Waals surface area contributed by atoms with E-state index in [0.29, 0.717) is 16.1 Å². The summed E-state index contributed by atoms with van der Waals surface area (Å²) in [6.45, 7) is 2.00. The molecule has 4 heteroatoms. The van der Waals surface area contributed by atoms with Gasteiger partial charge in [0, 0.05) is 22.7 Å². The van der Waals surface area contributed by atoms with E-state index >= 15 is 0 Å². The van der Waals surface area contributed by atoms with Crippen molar-refractivity contribution in [2.45, 2.75) is 31.8 Å². The van der Waals surface area contributed by atoms with Crippen LogP contribution in [0.3, 0.4) is 0 Å². The van der Waals surface area contributed by atoms with Crippen molar-refractivity contribution in [3.63, 3.8) is 0 Å². The fraction of sp³-hybridized carbons (Fsp3) is 0.455. The lowest BCUT2D eigenvalue weighted by atomic mass is 10.1. The summed E-state index contributed by atoms with van der Waals surface area (Å²) < 4.78 is 0. The molecule has 0 aromatic heterocycles. The van der Waals surface area contributed by atoms with Crippen LogP contribution in [0.1, 0.15) is 31.4 Å². The zero-order valence-corrected chi connectivity index (χ0v) is 9.94. The third-order valence-corrected chi connectivity index (χ3v) is 3.09. The average molecular weight is 246 g/mol. The van der Waals surface area contributed by atoms with E-state index in [-0.39, 0.29) is 11.8 Å². The summed E-state index contributed by atoms with van der Waals surface area (Å²) in [6.07, 6.45) is 2.42. The van der Waals surface area contributed by atoms with E-state index < -0.39 is 0 Å². The van der Waals surface area contributed by atoms with E-state index in [1.54, 1.807) is 12.1 Å². The molecule has 0 heterocycles. The molecule has 15 heavy (non-hydrogen) atoms. The van der Waals surface area contributed by atoms with Gasteiger partial charge in [-0.3, -0.25) is 0 Å². The van der Waals surface area contributed by atoms with Crippen molar-refractivity contribution in [3.8, 4) is 5.75 Å². The van der Waals surface area contributed by atoms with Gasteiger partial charge in [-0.05, 0) is 31.9 Å². The first-order chi connectivity index (χ1) is 7.08. The van der Waals surface area contributed by atoms with Crippen LogP contribution in [0, 0.1) is 0 Å². The third kappa shape index (κ3) is 2.57. The molecule has 0 radical (unpaired) electrons. The van der Waals surface area contributed by atoms with Crippen LogP contribution >= 0.6 is 23.2 Å². The molecular weight excluding hydrogens is 233 g/mol. The topological polar surface area (TPSA) is 32.3 Å². The van der Waals surface area contributed by atoms with Crippen LogP contribution in [0.5, 0.6) is 5.75 Å². The van der Waals surface area contributed by atoms with Crippen LogP contribution < -0.4 is 5.32 Å². The van der Waals surface area contributed by atoms with Gasteiger partial charge in [0.1, 0.15) is 5.75 Å². The zero-order chi connectivity index (χ0) is 11.0. The highest BCUT2D eigenvalue weighted by molar-refractivity contribution is 6.35. The molecule has 2 rings (SSSR count). The molecule has 1 fully saturated rings. The molecule has 2 N–H and O–H groups in total. The SMILES string of the molecule is CC(NC1CC1)c1cc(Cl)cc(Cl)c1O. The van der Waals surface area contributed by atoms with Crippen LogP contribution in [-0.4, -0.2) is 11.1 Å². The Labute approximate surface area is 99.2 Å². The van der Waals surface area contributed by atoms with Crippen LogP contribution in [-0.2, 0) is 0 Å². The molecule has 82 valence electrons. The predicted octanol–water partition coefficient (Wildman–Crippen LogP) is 3.51. The second kappa shape index (κ2) is 4.20. The Morgan fingerprint density at radius 2 is 2.07 bits per heavy atom. The van der Waals surface area contributed by atoms with Crippen molar-refractivity contribution in [1.82, 2.24) is 5.32 Å². The number of aromatic hydroxyl groups is 1. The minimum atomic E-state index is 0.0775. The van der Waals surface area contributed by atoms with Crippen molar-refractivity contribution in [1.29, 1.82) is 0 Å². The third-order valence-electron chi connectivity index (χ3n) is 2.59. The number of rotatable bonds is 3. The predicted molar refractivity (Wildman–Crippen MR) is 62.7 cm³/mol. The first kappa shape index (κ1) is 11.1. The maximum atomic E-state index is 9.80. The second-order valence-corrected chi connectivity index (χ2v) is 4.83. The summed E-state index contributed by atoms with van der Waals surface area (Å²) in [5.74, 6) is 0.127. The summed E-state index contributed by atoms with van der Waals surface area (Å²) >= 11 is 11.7. The summed E-state index contributed by atoms with van der Waals surface area (Å²) in [4.78, 5) is 0. The first-order valence-corrected chi connectivity index (χ1v) is 5.77. The summed E-state index contributed by atoms with van der Waals surface area (Å²) in [5.41, 5.74) is 0.763. The van der Waals surface area contributed by atoms with E-state index in [9.17, 15) is 5.11 Å². The Balaban J connectivity index is 2.24. The Kier molecular flexibility index (Phi) is 3.10. The van der Waals surface area contributed by atoms with E-state index in [4.69, 9.17) is 23.2 Å². The molecule has 1 unspecified atom stereocenters. The average Bonchev–Trinajstić information content (AvgIpc) is 2.94. The van der Waals surface area contributed by atoms with Crippen LogP contribution in [0.25, 0.3) is 0 Å². The number of hydrogen-bond acceptors (Lipinski definition) is 2. The highest BCUT2D eigenvalue weighted by Gasteiger charge is 2.24. The molecule has 0 bridgehead atoms. The lowest BCUT2D eigenvalue weighted by Gasteiger charge is -2.16. The molecule has 1 atom stereocenters. The lowest BCUT2D eigenvalue weighted by molar-refractivity contribution is 0.452. The standard InChI is InChI=1S/C11H13Cl2NO/c1-6(14-8-2-3-8)9-4-7(12)5-10(13)11(9)15/h4-6,8,14-15H,2-3H2,1H3. The number of phenolic OH excluding ortho intramolecular Hbond substituents is 1. The van der Waals surface area contributed by atoms with Gasteiger partial charge in [0.15, 0.2) is 0 Å². The second-order valence-electron chi connectivity index (χ2n) is 3.99. The van der Waals surface area contributed by atoms with Gasteiger partial charge in [0.2, 0.25) is 0 Å². The molecule has 2 nitrogen and oxygen atoms in total. The van der Waals surface area contributed by atoms with E-state index in [0.717, 1.165) is 5.56 Å². The van der Waals surface area contributed by atoms with Crippen LogP contribution in [0.4, 0.5) is 0 Å².